The van der Waals surface area contributed by atoms with Crippen molar-refractivity contribution < 1.29 is 13.9 Å². The van der Waals surface area contributed by atoms with Crippen molar-refractivity contribution in [3.8, 4) is 29.9 Å². The van der Waals surface area contributed by atoms with Gasteiger partial charge in [0.05, 0.1) is 18.2 Å². The third kappa shape index (κ3) is 5.23. The normalized spacial score (nSPS) is 10.6. The predicted molar refractivity (Wildman–Crippen MR) is 106 cm³/mol. The third-order valence-electron chi connectivity index (χ3n) is 3.69. The van der Waals surface area contributed by atoms with Gasteiger partial charge in [0.25, 0.3) is 0 Å². The highest BCUT2D eigenvalue weighted by atomic mass is 19.1. The predicted octanol–water partition coefficient (Wildman–Crippen LogP) is 5.03. The first-order valence-electron chi connectivity index (χ1n) is 8.47. The smallest absolute Gasteiger partial charge is 0.166 e. The van der Waals surface area contributed by atoms with E-state index >= 15 is 0 Å². The van der Waals surface area contributed by atoms with E-state index in [1.165, 1.54) is 12.1 Å². The second-order valence-electron chi connectivity index (χ2n) is 5.61. The summed E-state index contributed by atoms with van der Waals surface area (Å²) in [4.78, 5) is 0. The van der Waals surface area contributed by atoms with Crippen LogP contribution in [-0.4, -0.2) is 13.2 Å². The molecule has 27 heavy (non-hydrogen) atoms. The Morgan fingerprint density at radius 3 is 2.74 bits per heavy atom. The summed E-state index contributed by atoms with van der Waals surface area (Å²) in [5.41, 5.74) is 2.44. The molecule has 0 aliphatic carbocycles. The van der Waals surface area contributed by atoms with Crippen molar-refractivity contribution in [3.63, 3.8) is 0 Å². The number of halogens is 1. The summed E-state index contributed by atoms with van der Waals surface area (Å²) in [5.74, 6) is 3.15. The monoisotopic (exact) mass is 361 g/mol. The fourth-order valence-electron chi connectivity index (χ4n) is 2.62. The maximum atomic E-state index is 13.5. The number of nitrogens with zero attached hydrogens (tertiary/aromatic N) is 1. The van der Waals surface area contributed by atoms with Crippen molar-refractivity contribution >= 4 is 11.6 Å². The molecule has 0 spiro atoms. The molecule has 0 atom stereocenters. The Bertz CT molecular complexity index is 932. The van der Waals surface area contributed by atoms with E-state index in [-0.39, 0.29) is 6.61 Å². The number of allylic oxidation sites excluding steroid dienone is 2. The number of rotatable bonds is 8. The van der Waals surface area contributed by atoms with Gasteiger partial charge in [0.1, 0.15) is 12.4 Å². The maximum absolute atomic E-state index is 13.5. The fourth-order valence-corrected chi connectivity index (χ4v) is 2.62. The summed E-state index contributed by atoms with van der Waals surface area (Å²) >= 11 is 0. The molecule has 0 amide bonds. The third-order valence-corrected chi connectivity index (χ3v) is 3.69. The maximum Gasteiger partial charge on any atom is 0.166 e. The molecule has 0 saturated heterocycles. The van der Waals surface area contributed by atoms with Crippen molar-refractivity contribution in [1.29, 1.82) is 5.26 Å². The molecule has 0 radical (unpaired) electrons. The van der Waals surface area contributed by atoms with Crippen LogP contribution in [0.1, 0.15) is 23.6 Å². The van der Waals surface area contributed by atoms with E-state index in [1.54, 1.807) is 30.4 Å². The topological polar surface area (TPSA) is 42.2 Å². The zero-order chi connectivity index (χ0) is 19.6. The zero-order valence-electron chi connectivity index (χ0n) is 15.2. The van der Waals surface area contributed by atoms with Crippen molar-refractivity contribution in [2.24, 2.45) is 0 Å². The number of terminal acetylenes is 1. The minimum Gasteiger partial charge on any atom is -0.490 e. The number of benzene rings is 2. The highest BCUT2D eigenvalue weighted by molar-refractivity contribution is 5.90. The van der Waals surface area contributed by atoms with Crippen LogP contribution in [0.3, 0.4) is 0 Å². The van der Waals surface area contributed by atoms with Gasteiger partial charge in [-0.15, -0.1) is 13.0 Å². The van der Waals surface area contributed by atoms with Crippen LogP contribution in [0.2, 0.25) is 0 Å². The lowest BCUT2D eigenvalue weighted by atomic mass is 10.0. The molecule has 0 fully saturated rings. The van der Waals surface area contributed by atoms with E-state index in [2.05, 4.69) is 18.6 Å². The zero-order valence-corrected chi connectivity index (χ0v) is 15.2. The van der Waals surface area contributed by atoms with Crippen molar-refractivity contribution in [1.82, 2.24) is 0 Å². The van der Waals surface area contributed by atoms with Gasteiger partial charge in [-0.3, -0.25) is 0 Å². The Kier molecular flexibility index (Phi) is 7.23. The highest BCUT2D eigenvalue weighted by Crippen LogP contribution is 2.35. The molecular weight excluding hydrogens is 341 g/mol. The van der Waals surface area contributed by atoms with E-state index in [0.29, 0.717) is 35.7 Å². The minimum atomic E-state index is -0.394. The van der Waals surface area contributed by atoms with Crippen LogP contribution < -0.4 is 9.47 Å². The van der Waals surface area contributed by atoms with Crippen LogP contribution >= 0.6 is 0 Å². The van der Waals surface area contributed by atoms with E-state index in [4.69, 9.17) is 15.9 Å². The van der Waals surface area contributed by atoms with E-state index in [9.17, 15) is 9.65 Å². The summed E-state index contributed by atoms with van der Waals surface area (Å²) in [6, 6.07) is 11.7. The average Bonchev–Trinajstić information content (AvgIpc) is 2.66. The summed E-state index contributed by atoms with van der Waals surface area (Å²) in [6.45, 7) is 6.20. The molecule has 0 N–H and O–H groups in total. The molecule has 2 aromatic carbocycles. The molecule has 2 aromatic rings. The highest BCUT2D eigenvalue weighted by Gasteiger charge is 2.13. The van der Waals surface area contributed by atoms with Crippen molar-refractivity contribution in [2.75, 3.05) is 13.2 Å². The van der Waals surface area contributed by atoms with Crippen LogP contribution in [0.5, 0.6) is 11.5 Å². The van der Waals surface area contributed by atoms with Crippen molar-refractivity contribution in [3.05, 3.63) is 71.6 Å². The van der Waals surface area contributed by atoms with Gasteiger partial charge >= 0.3 is 0 Å². The van der Waals surface area contributed by atoms with Gasteiger partial charge in [0, 0.05) is 5.56 Å². The van der Waals surface area contributed by atoms with Crippen LogP contribution in [0, 0.1) is 29.5 Å². The lowest BCUT2D eigenvalue weighted by Gasteiger charge is -2.15. The molecule has 136 valence electrons. The second kappa shape index (κ2) is 9.85. The second-order valence-corrected chi connectivity index (χ2v) is 5.61. The van der Waals surface area contributed by atoms with Crippen molar-refractivity contribution in [2.45, 2.75) is 13.3 Å². The molecule has 0 aliphatic rings. The molecule has 0 saturated carbocycles. The largest absolute Gasteiger partial charge is 0.490 e. The molecular formula is C23H20FNO2. The minimum absolute atomic E-state index is 0.117. The summed E-state index contributed by atoms with van der Waals surface area (Å²) in [6.07, 6.45) is 9.29. The van der Waals surface area contributed by atoms with Crippen LogP contribution in [0.25, 0.3) is 11.6 Å². The molecule has 4 heteroatoms. The average molecular weight is 361 g/mol. The van der Waals surface area contributed by atoms with Gasteiger partial charge in [-0.2, -0.15) is 5.26 Å². The van der Waals surface area contributed by atoms with Gasteiger partial charge in [-0.1, -0.05) is 24.1 Å². The molecule has 0 aromatic heterocycles. The lowest BCUT2D eigenvalue weighted by molar-refractivity contribution is 0.297. The summed E-state index contributed by atoms with van der Waals surface area (Å²) in [7, 11) is 0. The van der Waals surface area contributed by atoms with Gasteiger partial charge in [0.15, 0.2) is 11.5 Å². The standard InChI is InChI=1S/C23H20FNO2/c1-4-8-19-12-17(14-22(26-6-3)23(19)27-11-5-2)13-20(16-25)18-9-7-10-21(24)15-18/h2,4,7,9-10,12-15H,1,6,8,11H2,3H3/b20-13-. The number of ether oxygens (including phenoxy) is 2. The molecule has 3 nitrogen and oxygen atoms in total. The summed E-state index contributed by atoms with van der Waals surface area (Å²) in [5, 5.41) is 9.51. The number of nitriles is 1. The van der Waals surface area contributed by atoms with Crippen LogP contribution in [0.15, 0.2) is 49.1 Å². The van der Waals surface area contributed by atoms with Gasteiger partial charge < -0.3 is 9.47 Å². The van der Waals surface area contributed by atoms with E-state index < -0.39 is 5.82 Å². The Balaban J connectivity index is 2.56. The van der Waals surface area contributed by atoms with E-state index in [1.807, 2.05) is 13.0 Å². The van der Waals surface area contributed by atoms with Gasteiger partial charge in [-0.05, 0) is 54.8 Å². The molecule has 2 rings (SSSR count). The quantitative estimate of drug-likeness (QED) is 0.287. The molecule has 0 unspecified atom stereocenters. The summed E-state index contributed by atoms with van der Waals surface area (Å²) < 4.78 is 24.9. The SMILES string of the molecule is C#CCOc1c(CC=C)cc(/C=C(/C#N)c2cccc(F)c2)cc1OCC. The Hall–Kier alpha value is -3.50. The molecule has 0 heterocycles. The number of hydrogen-bond acceptors (Lipinski definition) is 3. The first kappa shape index (κ1) is 19.8. The fraction of sp³-hybridized carbons (Fsp3) is 0.174. The first-order valence-corrected chi connectivity index (χ1v) is 8.47. The number of hydrogen-bond donors (Lipinski definition) is 0. The molecule has 0 aliphatic heterocycles. The van der Waals surface area contributed by atoms with Crippen LogP contribution in [-0.2, 0) is 6.42 Å². The van der Waals surface area contributed by atoms with Crippen LogP contribution in [0.4, 0.5) is 4.39 Å². The Morgan fingerprint density at radius 1 is 1.30 bits per heavy atom. The molecule has 0 bridgehead atoms. The van der Waals surface area contributed by atoms with Gasteiger partial charge in [-0.25, -0.2) is 4.39 Å². The lowest BCUT2D eigenvalue weighted by Crippen LogP contribution is -2.03. The Morgan fingerprint density at radius 2 is 2.11 bits per heavy atom. The van der Waals surface area contributed by atoms with Gasteiger partial charge in [0.2, 0.25) is 0 Å². The first-order chi connectivity index (χ1) is 13.1. The van der Waals surface area contributed by atoms with E-state index in [0.717, 1.165) is 11.1 Å². The Labute approximate surface area is 159 Å².